The quantitative estimate of drug-likeness (QED) is 0.257. The molecule has 1 aromatic heterocycles. The summed E-state index contributed by atoms with van der Waals surface area (Å²) in [4.78, 5) is 31.0. The lowest BCUT2D eigenvalue weighted by atomic mass is 10.1. The number of fused-ring (bicyclic) bond motifs is 2. The lowest BCUT2D eigenvalue weighted by molar-refractivity contribution is 0.0122. The number of anilines is 2. The Morgan fingerprint density at radius 1 is 1.27 bits per heavy atom. The summed E-state index contributed by atoms with van der Waals surface area (Å²) in [5.41, 5.74) is -0.498. The molecule has 2 bridgehead atoms. The molecule has 3 atom stereocenters. The van der Waals surface area contributed by atoms with Crippen LogP contribution in [0.1, 0.15) is 46.5 Å². The minimum Gasteiger partial charge on any atom is -0.444 e. The van der Waals surface area contributed by atoms with Crippen molar-refractivity contribution in [3.63, 3.8) is 0 Å². The summed E-state index contributed by atoms with van der Waals surface area (Å²) in [6.07, 6.45) is 7.48. The number of aromatic nitrogens is 2. The number of thioether (sulfide) groups is 1. The van der Waals surface area contributed by atoms with Crippen LogP contribution in [0.25, 0.3) is 0 Å². The Labute approximate surface area is 208 Å². The first kappa shape index (κ1) is 24.5. The molecule has 3 aliphatic heterocycles. The van der Waals surface area contributed by atoms with E-state index in [0.29, 0.717) is 30.7 Å². The Morgan fingerprint density at radius 3 is 2.61 bits per heavy atom. The number of aliphatic imine (C=N–C) groups is 1. The van der Waals surface area contributed by atoms with E-state index in [2.05, 4.69) is 36.1 Å². The highest BCUT2D eigenvalue weighted by molar-refractivity contribution is 9.10. The molecule has 1 amide bonds. The van der Waals surface area contributed by atoms with Crippen molar-refractivity contribution in [3.05, 3.63) is 4.47 Å². The molecule has 33 heavy (non-hydrogen) atoms. The van der Waals surface area contributed by atoms with E-state index in [9.17, 15) is 4.79 Å². The molecule has 1 N–H and O–H groups in total. The summed E-state index contributed by atoms with van der Waals surface area (Å²) in [6, 6.07) is 0.410. The molecule has 9 nitrogen and oxygen atoms in total. The van der Waals surface area contributed by atoms with Crippen molar-refractivity contribution in [1.82, 2.24) is 14.9 Å². The second kappa shape index (κ2) is 10.4. The van der Waals surface area contributed by atoms with E-state index >= 15 is 0 Å². The van der Waals surface area contributed by atoms with Gasteiger partial charge in [-0.25, -0.2) is 14.8 Å². The first-order chi connectivity index (χ1) is 15.7. The molecule has 0 aromatic carbocycles. The highest BCUT2D eigenvalue weighted by atomic mass is 79.9. The molecule has 3 aliphatic rings. The molecular formula is C22H33BrN6O3S. The fourth-order valence-electron chi connectivity index (χ4n) is 4.55. The molecule has 0 aliphatic carbocycles. The standard InChI is InChI=1S/C22H33BrN6O3S/c1-22(2,3)32-21(30)29-15-7-8-16(29)11-28(10-15)19-17(23)18(26-20(27-19)33-4)25-13-24-14-6-5-9-31-12-14/h13-16H,5-12H2,1-4H3,(H,24,25,26,27). The minimum absolute atomic E-state index is 0.113. The SMILES string of the molecule is CSc1nc(NC=NC2CCCOC2)c(Br)c(N2CC3CCC(C2)N3C(=O)OC(C)(C)C)n1. The lowest BCUT2D eigenvalue weighted by Crippen LogP contribution is -2.57. The van der Waals surface area contributed by atoms with Gasteiger partial charge in [-0.1, -0.05) is 11.8 Å². The zero-order chi connectivity index (χ0) is 23.6. The van der Waals surface area contributed by atoms with Crippen LogP contribution in [0, 0.1) is 0 Å². The molecule has 3 saturated heterocycles. The summed E-state index contributed by atoms with van der Waals surface area (Å²) >= 11 is 5.22. The van der Waals surface area contributed by atoms with Gasteiger partial charge in [0.2, 0.25) is 0 Å². The number of carbonyl (C=O) groups is 1. The second-order valence-corrected chi connectivity index (χ2v) is 11.2. The number of ether oxygens (including phenoxy) is 2. The van der Waals surface area contributed by atoms with Crippen molar-refractivity contribution in [2.75, 3.05) is 42.8 Å². The largest absolute Gasteiger partial charge is 0.444 e. The van der Waals surface area contributed by atoms with Gasteiger partial charge in [-0.3, -0.25) is 9.89 Å². The van der Waals surface area contributed by atoms with Crippen LogP contribution in [-0.4, -0.2) is 83.6 Å². The van der Waals surface area contributed by atoms with E-state index in [-0.39, 0.29) is 24.2 Å². The zero-order valence-corrected chi connectivity index (χ0v) is 22.1. The van der Waals surface area contributed by atoms with Crippen molar-refractivity contribution in [1.29, 1.82) is 0 Å². The van der Waals surface area contributed by atoms with Crippen molar-refractivity contribution in [3.8, 4) is 0 Å². The monoisotopic (exact) mass is 540 g/mol. The highest BCUT2D eigenvalue weighted by Crippen LogP contribution is 2.38. The van der Waals surface area contributed by atoms with E-state index in [4.69, 9.17) is 14.5 Å². The van der Waals surface area contributed by atoms with Gasteiger partial charge >= 0.3 is 6.09 Å². The maximum absolute atomic E-state index is 12.8. The summed E-state index contributed by atoms with van der Waals surface area (Å²) in [7, 11) is 0. The van der Waals surface area contributed by atoms with Gasteiger partial charge in [0.25, 0.3) is 0 Å². The van der Waals surface area contributed by atoms with E-state index in [1.165, 1.54) is 11.8 Å². The fraction of sp³-hybridized carbons (Fsp3) is 0.727. The molecule has 0 spiro atoms. The van der Waals surface area contributed by atoms with Gasteiger partial charge in [0.05, 0.1) is 31.1 Å². The normalized spacial score (nSPS) is 25.5. The Hall–Kier alpha value is -1.59. The van der Waals surface area contributed by atoms with Crippen LogP contribution in [0.2, 0.25) is 0 Å². The molecule has 4 rings (SSSR count). The average Bonchev–Trinajstić information content (AvgIpc) is 3.04. The number of rotatable bonds is 5. The van der Waals surface area contributed by atoms with Crippen LogP contribution in [0.4, 0.5) is 16.4 Å². The summed E-state index contributed by atoms with van der Waals surface area (Å²) < 4.78 is 12.0. The number of carbonyl (C=O) groups excluding carboxylic acids is 1. The Bertz CT molecular complexity index is 876. The molecule has 0 radical (unpaired) electrons. The van der Waals surface area contributed by atoms with Gasteiger partial charge in [-0.15, -0.1) is 0 Å². The maximum Gasteiger partial charge on any atom is 0.410 e. The van der Waals surface area contributed by atoms with Crippen molar-refractivity contribution >= 4 is 51.8 Å². The van der Waals surface area contributed by atoms with Crippen molar-refractivity contribution < 1.29 is 14.3 Å². The van der Waals surface area contributed by atoms with Crippen molar-refractivity contribution in [2.45, 2.75) is 75.3 Å². The number of nitrogens with zero attached hydrogens (tertiary/aromatic N) is 5. The van der Waals surface area contributed by atoms with Crippen LogP contribution < -0.4 is 10.2 Å². The molecule has 1 aromatic rings. The highest BCUT2D eigenvalue weighted by Gasteiger charge is 2.45. The molecule has 11 heteroatoms. The summed E-state index contributed by atoms with van der Waals surface area (Å²) in [5.74, 6) is 1.53. The average molecular weight is 542 g/mol. The van der Waals surface area contributed by atoms with Crippen LogP contribution >= 0.6 is 27.7 Å². The Morgan fingerprint density at radius 2 is 2.00 bits per heavy atom. The number of halogens is 1. The zero-order valence-electron chi connectivity index (χ0n) is 19.7. The molecule has 0 saturated carbocycles. The first-order valence-electron chi connectivity index (χ1n) is 11.5. The number of piperazine rings is 1. The van der Waals surface area contributed by atoms with Gasteiger partial charge in [-0.05, 0) is 68.6 Å². The van der Waals surface area contributed by atoms with E-state index in [0.717, 1.165) is 42.6 Å². The molecule has 182 valence electrons. The fourth-order valence-corrected chi connectivity index (χ4v) is 5.45. The number of hydrogen-bond acceptors (Lipinski definition) is 8. The third-order valence-electron chi connectivity index (χ3n) is 6.00. The van der Waals surface area contributed by atoms with Gasteiger partial charge in [0.1, 0.15) is 15.9 Å². The number of nitrogens with one attached hydrogen (secondary N) is 1. The minimum atomic E-state index is -0.498. The molecular weight excluding hydrogens is 508 g/mol. The smallest absolute Gasteiger partial charge is 0.410 e. The van der Waals surface area contributed by atoms with Crippen molar-refractivity contribution in [2.24, 2.45) is 4.99 Å². The number of amides is 1. The van der Waals surface area contributed by atoms with E-state index in [1.54, 1.807) is 6.34 Å². The molecule has 3 fully saturated rings. The summed E-state index contributed by atoms with van der Waals surface area (Å²) in [6.45, 7) is 8.63. The predicted octanol–water partition coefficient (Wildman–Crippen LogP) is 4.17. The maximum atomic E-state index is 12.8. The third kappa shape index (κ3) is 5.92. The van der Waals surface area contributed by atoms with Gasteiger partial charge in [0, 0.05) is 19.7 Å². The van der Waals surface area contributed by atoms with E-state index < -0.39 is 5.60 Å². The molecule has 4 heterocycles. The van der Waals surface area contributed by atoms with Crippen LogP contribution in [0.15, 0.2) is 14.6 Å². The van der Waals surface area contributed by atoms with Crippen LogP contribution in [0.5, 0.6) is 0 Å². The molecule has 3 unspecified atom stereocenters. The third-order valence-corrected chi connectivity index (χ3v) is 7.28. The second-order valence-electron chi connectivity index (χ2n) is 9.67. The Balaban J connectivity index is 1.49. The summed E-state index contributed by atoms with van der Waals surface area (Å²) in [5, 5.41) is 3.92. The van der Waals surface area contributed by atoms with Crippen LogP contribution in [-0.2, 0) is 9.47 Å². The number of hydrogen-bond donors (Lipinski definition) is 1. The van der Waals surface area contributed by atoms with Crippen LogP contribution in [0.3, 0.4) is 0 Å². The first-order valence-corrected chi connectivity index (χ1v) is 13.5. The van der Waals surface area contributed by atoms with Gasteiger partial charge in [-0.2, -0.15) is 0 Å². The Kier molecular flexibility index (Phi) is 7.69. The topological polar surface area (TPSA) is 92.2 Å². The predicted molar refractivity (Wildman–Crippen MR) is 135 cm³/mol. The van der Waals surface area contributed by atoms with E-state index in [1.807, 2.05) is 31.9 Å². The van der Waals surface area contributed by atoms with Gasteiger partial charge < -0.3 is 19.7 Å². The lowest BCUT2D eigenvalue weighted by Gasteiger charge is -2.42. The van der Waals surface area contributed by atoms with Gasteiger partial charge in [0.15, 0.2) is 11.0 Å².